The average Bonchev–Trinajstić information content (AvgIpc) is 3.42. The Morgan fingerprint density at radius 2 is 2.08 bits per heavy atom. The number of methoxy groups -OCH3 is 1. The van der Waals surface area contributed by atoms with E-state index in [2.05, 4.69) is 4.98 Å². The van der Waals surface area contributed by atoms with Crippen LogP contribution in [0.1, 0.15) is 23.3 Å². The quantitative estimate of drug-likeness (QED) is 0.770. The lowest BCUT2D eigenvalue weighted by atomic mass is 10.2. The van der Waals surface area contributed by atoms with Gasteiger partial charge in [0.1, 0.15) is 16.5 Å². The first-order valence-corrected chi connectivity index (χ1v) is 9.20. The standard InChI is InChI=1S/C19H19N3O2S/c1-24-15-6-4-5-13(9-15)18-21-17(12-25-18)14-10-16(20-11-14)19(23)22-7-2-3-8-22/h4-6,9-12,20H,2-3,7-8H2,1H3. The van der Waals surface area contributed by atoms with Crippen molar-refractivity contribution in [2.45, 2.75) is 12.8 Å². The molecule has 0 aliphatic carbocycles. The number of ether oxygens (including phenoxy) is 1. The van der Waals surface area contributed by atoms with Crippen molar-refractivity contribution in [3.8, 4) is 27.6 Å². The van der Waals surface area contributed by atoms with Crippen LogP contribution in [0.15, 0.2) is 41.9 Å². The fourth-order valence-corrected chi connectivity index (χ4v) is 3.88. The van der Waals surface area contributed by atoms with Gasteiger partial charge < -0.3 is 14.6 Å². The van der Waals surface area contributed by atoms with Gasteiger partial charge in [0, 0.05) is 35.8 Å². The number of carbonyl (C=O) groups excluding carboxylic acids is 1. The third-order valence-corrected chi connectivity index (χ3v) is 5.31. The van der Waals surface area contributed by atoms with Crippen LogP contribution in [0.2, 0.25) is 0 Å². The molecule has 0 bridgehead atoms. The summed E-state index contributed by atoms with van der Waals surface area (Å²) in [5, 5.41) is 2.95. The number of amides is 1. The zero-order chi connectivity index (χ0) is 17.2. The van der Waals surface area contributed by atoms with Gasteiger partial charge in [-0.15, -0.1) is 11.3 Å². The highest BCUT2D eigenvalue weighted by Crippen LogP contribution is 2.31. The minimum absolute atomic E-state index is 0.0759. The van der Waals surface area contributed by atoms with E-state index < -0.39 is 0 Å². The minimum atomic E-state index is 0.0759. The third kappa shape index (κ3) is 3.17. The number of H-pyrrole nitrogens is 1. The number of rotatable bonds is 4. The van der Waals surface area contributed by atoms with Crippen molar-refractivity contribution in [1.29, 1.82) is 0 Å². The maximum atomic E-state index is 12.5. The Labute approximate surface area is 150 Å². The van der Waals surface area contributed by atoms with Gasteiger partial charge >= 0.3 is 0 Å². The zero-order valence-electron chi connectivity index (χ0n) is 14.0. The minimum Gasteiger partial charge on any atom is -0.497 e. The number of nitrogens with one attached hydrogen (secondary N) is 1. The van der Waals surface area contributed by atoms with Gasteiger partial charge in [-0.05, 0) is 31.0 Å². The molecule has 4 rings (SSSR count). The first kappa shape index (κ1) is 15.9. The number of hydrogen-bond donors (Lipinski definition) is 1. The second-order valence-corrected chi connectivity index (χ2v) is 6.93. The SMILES string of the molecule is COc1cccc(-c2nc(-c3c[nH]c(C(=O)N4CCCC4)c3)cs2)c1. The van der Waals surface area contributed by atoms with E-state index in [4.69, 9.17) is 9.72 Å². The molecule has 1 aromatic carbocycles. The lowest BCUT2D eigenvalue weighted by Crippen LogP contribution is -2.27. The molecule has 3 heterocycles. The van der Waals surface area contributed by atoms with Crippen molar-refractivity contribution in [2.24, 2.45) is 0 Å². The van der Waals surface area contributed by atoms with Crippen LogP contribution in [-0.2, 0) is 0 Å². The average molecular weight is 353 g/mol. The van der Waals surface area contributed by atoms with Gasteiger partial charge in [0.15, 0.2) is 0 Å². The highest BCUT2D eigenvalue weighted by Gasteiger charge is 2.21. The molecular formula is C19H19N3O2S. The van der Waals surface area contributed by atoms with E-state index >= 15 is 0 Å². The van der Waals surface area contributed by atoms with E-state index in [1.165, 1.54) is 0 Å². The second-order valence-electron chi connectivity index (χ2n) is 6.07. The second kappa shape index (κ2) is 6.72. The van der Waals surface area contributed by atoms with Gasteiger partial charge in [-0.2, -0.15) is 0 Å². The van der Waals surface area contributed by atoms with Crippen LogP contribution in [0.4, 0.5) is 0 Å². The Morgan fingerprint density at radius 1 is 1.24 bits per heavy atom. The Bertz CT molecular complexity index is 893. The Kier molecular flexibility index (Phi) is 4.28. The van der Waals surface area contributed by atoms with Crippen LogP contribution in [0.25, 0.3) is 21.8 Å². The number of aromatic amines is 1. The van der Waals surface area contributed by atoms with Crippen LogP contribution >= 0.6 is 11.3 Å². The fourth-order valence-electron chi connectivity index (χ4n) is 3.05. The van der Waals surface area contributed by atoms with Gasteiger partial charge in [-0.25, -0.2) is 4.98 Å². The van der Waals surface area contributed by atoms with Crippen molar-refractivity contribution in [3.05, 3.63) is 47.6 Å². The lowest BCUT2D eigenvalue weighted by Gasteiger charge is -2.13. The molecule has 6 heteroatoms. The molecule has 0 saturated carbocycles. The van der Waals surface area contributed by atoms with Gasteiger partial charge in [-0.3, -0.25) is 4.79 Å². The summed E-state index contributed by atoms with van der Waals surface area (Å²) in [6.07, 6.45) is 4.04. The van der Waals surface area contributed by atoms with E-state index in [9.17, 15) is 4.79 Å². The summed E-state index contributed by atoms with van der Waals surface area (Å²) in [6, 6.07) is 9.76. The lowest BCUT2D eigenvalue weighted by molar-refractivity contribution is 0.0788. The molecule has 0 spiro atoms. The van der Waals surface area contributed by atoms with E-state index in [0.29, 0.717) is 5.69 Å². The third-order valence-electron chi connectivity index (χ3n) is 4.42. The highest BCUT2D eigenvalue weighted by atomic mass is 32.1. The van der Waals surface area contributed by atoms with Crippen molar-refractivity contribution in [3.63, 3.8) is 0 Å². The van der Waals surface area contributed by atoms with Gasteiger partial charge in [0.25, 0.3) is 5.91 Å². The van der Waals surface area contributed by atoms with Gasteiger partial charge in [0.05, 0.1) is 12.8 Å². The van der Waals surface area contributed by atoms with Gasteiger partial charge in [0.2, 0.25) is 0 Å². The monoisotopic (exact) mass is 353 g/mol. The van der Waals surface area contributed by atoms with Crippen molar-refractivity contribution < 1.29 is 9.53 Å². The number of nitrogens with zero attached hydrogens (tertiary/aromatic N) is 2. The summed E-state index contributed by atoms with van der Waals surface area (Å²) in [7, 11) is 1.66. The molecule has 1 amide bonds. The normalized spacial score (nSPS) is 14.0. The molecule has 25 heavy (non-hydrogen) atoms. The van der Waals surface area contributed by atoms with Crippen LogP contribution in [0.3, 0.4) is 0 Å². The molecule has 1 saturated heterocycles. The number of benzene rings is 1. The molecule has 5 nitrogen and oxygen atoms in total. The first-order chi connectivity index (χ1) is 12.2. The first-order valence-electron chi connectivity index (χ1n) is 8.32. The molecule has 0 atom stereocenters. The van der Waals surface area contributed by atoms with Crippen molar-refractivity contribution in [1.82, 2.24) is 14.9 Å². The Morgan fingerprint density at radius 3 is 2.88 bits per heavy atom. The smallest absolute Gasteiger partial charge is 0.270 e. The molecule has 3 aromatic rings. The van der Waals surface area contributed by atoms with E-state index in [1.54, 1.807) is 18.4 Å². The van der Waals surface area contributed by atoms with Crippen LogP contribution in [0.5, 0.6) is 5.75 Å². The molecule has 2 aromatic heterocycles. The largest absolute Gasteiger partial charge is 0.497 e. The maximum absolute atomic E-state index is 12.5. The summed E-state index contributed by atoms with van der Waals surface area (Å²) < 4.78 is 5.28. The molecule has 1 fully saturated rings. The van der Waals surface area contributed by atoms with Crippen LogP contribution in [-0.4, -0.2) is 41.0 Å². The maximum Gasteiger partial charge on any atom is 0.270 e. The Hall–Kier alpha value is -2.60. The molecule has 1 N–H and O–H groups in total. The number of likely N-dealkylation sites (tertiary alicyclic amines) is 1. The topological polar surface area (TPSA) is 58.2 Å². The molecule has 0 radical (unpaired) electrons. The zero-order valence-corrected chi connectivity index (χ0v) is 14.8. The number of hydrogen-bond acceptors (Lipinski definition) is 4. The van der Waals surface area contributed by atoms with Crippen LogP contribution in [0, 0.1) is 0 Å². The predicted molar refractivity (Wildman–Crippen MR) is 99.0 cm³/mol. The molecular weight excluding hydrogens is 334 g/mol. The summed E-state index contributed by atoms with van der Waals surface area (Å²) in [4.78, 5) is 22.2. The van der Waals surface area contributed by atoms with Gasteiger partial charge in [-0.1, -0.05) is 12.1 Å². The number of thiazole rings is 1. The van der Waals surface area contributed by atoms with Crippen LogP contribution < -0.4 is 4.74 Å². The molecule has 0 unspecified atom stereocenters. The number of aromatic nitrogens is 2. The van der Waals surface area contributed by atoms with E-state index in [1.807, 2.05) is 46.8 Å². The Balaban J connectivity index is 1.57. The molecule has 1 aliphatic heterocycles. The van der Waals surface area contributed by atoms with E-state index in [0.717, 1.165) is 53.5 Å². The van der Waals surface area contributed by atoms with Crippen molar-refractivity contribution in [2.75, 3.05) is 20.2 Å². The summed E-state index contributed by atoms with van der Waals surface area (Å²) in [6.45, 7) is 1.70. The number of carbonyl (C=O) groups is 1. The fraction of sp³-hybridized carbons (Fsp3) is 0.263. The summed E-state index contributed by atoms with van der Waals surface area (Å²) in [5.41, 5.74) is 3.47. The summed E-state index contributed by atoms with van der Waals surface area (Å²) in [5.74, 6) is 0.890. The van der Waals surface area contributed by atoms with E-state index in [-0.39, 0.29) is 5.91 Å². The highest BCUT2D eigenvalue weighted by molar-refractivity contribution is 7.13. The summed E-state index contributed by atoms with van der Waals surface area (Å²) >= 11 is 1.58. The molecule has 1 aliphatic rings. The molecule has 128 valence electrons. The van der Waals surface area contributed by atoms with Crippen molar-refractivity contribution >= 4 is 17.2 Å². The predicted octanol–water partition coefficient (Wildman–Crippen LogP) is 4.05.